The van der Waals surface area contributed by atoms with Crippen molar-refractivity contribution in [3.05, 3.63) is 86.5 Å². The molecule has 4 aromatic rings. The molecule has 2 aliphatic heterocycles. The van der Waals surface area contributed by atoms with Crippen LogP contribution >= 0.6 is 11.8 Å². The monoisotopic (exact) mass is 600 g/mol. The van der Waals surface area contributed by atoms with E-state index in [2.05, 4.69) is 20.9 Å². The average molecular weight is 601 g/mol. The van der Waals surface area contributed by atoms with Gasteiger partial charge in [-0.2, -0.15) is 11.8 Å². The lowest BCUT2D eigenvalue weighted by Crippen LogP contribution is -2.36. The Kier molecular flexibility index (Phi) is 7.80. The zero-order valence-electron chi connectivity index (χ0n) is 22.9. The van der Waals surface area contributed by atoms with E-state index in [4.69, 9.17) is 0 Å². The predicted molar refractivity (Wildman–Crippen MR) is 165 cm³/mol. The number of amides is 2. The number of hydrogen-bond acceptors (Lipinski definition) is 9. The number of hydrogen-bond donors (Lipinski definition) is 3. The molecule has 2 aliphatic rings. The fourth-order valence-electron chi connectivity index (χ4n) is 5.76. The summed E-state index contributed by atoms with van der Waals surface area (Å²) in [5, 5.41) is 33.6. The number of nitrogens with one attached hydrogen (secondary N) is 3. The second kappa shape index (κ2) is 11.8. The summed E-state index contributed by atoms with van der Waals surface area (Å²) in [6.07, 6.45) is 3.56. The summed E-state index contributed by atoms with van der Waals surface area (Å²) in [5.41, 5.74) is 2.65. The minimum Gasteiger partial charge on any atom is -0.354 e. The van der Waals surface area contributed by atoms with E-state index < -0.39 is 9.85 Å². The fourth-order valence-corrected chi connectivity index (χ4v) is 7.31. The third-order valence-corrected chi connectivity index (χ3v) is 9.43. The number of non-ortho nitro benzene ring substituents is 2. The standard InChI is InChI=1S/C30H28N6O6S/c37-21(3-1-2-4-27-29-26(16-43-27)33-30(38)34-29)13-17-5-7-18(8-6-17)31-28-22-11-9-19(35(39)40)14-24(22)32-25-15-20(36(41)42)10-12-23(25)28/h5-12,14-15,26-27,29H,1-4,13,16H2,(H,31,32)(H2,33,34,38). The summed E-state index contributed by atoms with van der Waals surface area (Å²) in [6, 6.07) is 16.5. The number of nitro groups is 2. The van der Waals surface area contributed by atoms with E-state index in [1.54, 1.807) is 12.1 Å². The predicted octanol–water partition coefficient (Wildman–Crippen LogP) is 5.79. The van der Waals surface area contributed by atoms with Crippen molar-refractivity contribution in [1.29, 1.82) is 0 Å². The Morgan fingerprint density at radius 3 is 2.21 bits per heavy atom. The maximum Gasteiger partial charge on any atom is 0.315 e. The molecule has 2 amide bonds. The summed E-state index contributed by atoms with van der Waals surface area (Å²) in [6.45, 7) is 0. The van der Waals surface area contributed by atoms with Crippen LogP contribution in [0, 0.1) is 20.2 Å². The number of nitro benzene ring substituents is 2. The number of carbonyl (C=O) groups excluding carboxylic acids is 2. The molecule has 0 radical (unpaired) electrons. The van der Waals surface area contributed by atoms with Gasteiger partial charge in [0.2, 0.25) is 0 Å². The fraction of sp³-hybridized carbons (Fsp3) is 0.300. The van der Waals surface area contributed by atoms with Crippen LogP contribution in [0.5, 0.6) is 0 Å². The highest BCUT2D eigenvalue weighted by Crippen LogP contribution is 2.36. The number of thioether (sulfide) groups is 1. The second-order valence-electron chi connectivity index (χ2n) is 10.8. The van der Waals surface area contributed by atoms with Gasteiger partial charge in [-0.3, -0.25) is 25.0 Å². The molecular formula is C30H28N6O6S. The van der Waals surface area contributed by atoms with Crippen molar-refractivity contribution in [2.24, 2.45) is 0 Å². The molecule has 3 aromatic carbocycles. The Morgan fingerprint density at radius 1 is 0.930 bits per heavy atom. The molecule has 3 unspecified atom stereocenters. The Balaban J connectivity index is 1.11. The quantitative estimate of drug-likeness (QED) is 0.0634. The number of urea groups is 1. The summed E-state index contributed by atoms with van der Waals surface area (Å²) >= 11 is 1.88. The lowest BCUT2D eigenvalue weighted by Gasteiger charge is -2.16. The third kappa shape index (κ3) is 6.07. The molecule has 1 aromatic heterocycles. The van der Waals surface area contributed by atoms with Gasteiger partial charge in [0.05, 0.1) is 38.7 Å². The maximum atomic E-state index is 12.7. The number of unbranched alkanes of at least 4 members (excludes halogenated alkanes) is 1. The van der Waals surface area contributed by atoms with Crippen LogP contribution in [0.2, 0.25) is 0 Å². The van der Waals surface area contributed by atoms with Crippen LogP contribution in [0.3, 0.4) is 0 Å². The molecule has 0 spiro atoms. The number of anilines is 2. The van der Waals surface area contributed by atoms with Crippen molar-refractivity contribution in [3.63, 3.8) is 0 Å². The number of benzene rings is 3. The first kappa shape index (κ1) is 28.3. The molecule has 43 heavy (non-hydrogen) atoms. The summed E-state index contributed by atoms with van der Waals surface area (Å²) in [5.74, 6) is 1.10. The summed E-state index contributed by atoms with van der Waals surface area (Å²) in [4.78, 5) is 50.4. The zero-order valence-corrected chi connectivity index (χ0v) is 23.8. The largest absolute Gasteiger partial charge is 0.354 e. The molecule has 220 valence electrons. The van der Waals surface area contributed by atoms with Crippen LogP contribution in [0.1, 0.15) is 31.2 Å². The number of carbonyl (C=O) groups is 2. The first-order valence-electron chi connectivity index (χ1n) is 14.0. The Labute approximate surface area is 249 Å². The van der Waals surface area contributed by atoms with Crippen molar-refractivity contribution in [2.75, 3.05) is 11.1 Å². The van der Waals surface area contributed by atoms with Crippen molar-refractivity contribution in [3.8, 4) is 0 Å². The minimum atomic E-state index is -0.510. The maximum absolute atomic E-state index is 12.7. The molecule has 12 nitrogen and oxygen atoms in total. The van der Waals surface area contributed by atoms with Crippen molar-refractivity contribution in [2.45, 2.75) is 49.4 Å². The first-order chi connectivity index (χ1) is 20.7. The lowest BCUT2D eigenvalue weighted by molar-refractivity contribution is -0.384. The van der Waals surface area contributed by atoms with Crippen molar-refractivity contribution in [1.82, 2.24) is 15.6 Å². The number of pyridine rings is 1. The second-order valence-corrected chi connectivity index (χ2v) is 12.1. The van der Waals surface area contributed by atoms with Gasteiger partial charge in [-0.1, -0.05) is 18.6 Å². The Bertz CT molecular complexity index is 1690. The topological polar surface area (TPSA) is 169 Å². The number of Topliss-reactive ketones (excluding diaryl/α,β-unsaturated/α-hetero) is 1. The third-order valence-electron chi connectivity index (χ3n) is 7.92. The van der Waals surface area contributed by atoms with Crippen molar-refractivity contribution < 1.29 is 19.4 Å². The number of fused-ring (bicyclic) bond motifs is 3. The van der Waals surface area contributed by atoms with Crippen LogP contribution in [0.25, 0.3) is 21.8 Å². The van der Waals surface area contributed by atoms with E-state index in [1.807, 2.05) is 36.0 Å². The number of rotatable bonds is 11. The zero-order chi connectivity index (χ0) is 30.1. The minimum absolute atomic E-state index is 0.0864. The average Bonchev–Trinajstić information content (AvgIpc) is 3.54. The molecule has 2 saturated heterocycles. The summed E-state index contributed by atoms with van der Waals surface area (Å²) in [7, 11) is 0. The normalized spacial score (nSPS) is 19.2. The molecule has 3 atom stereocenters. The highest BCUT2D eigenvalue weighted by Gasteiger charge is 2.42. The number of aromatic nitrogens is 1. The van der Waals surface area contributed by atoms with Gasteiger partial charge in [-0.05, 0) is 42.7 Å². The highest BCUT2D eigenvalue weighted by atomic mass is 32.2. The van der Waals surface area contributed by atoms with E-state index in [0.29, 0.717) is 45.6 Å². The molecule has 13 heteroatoms. The molecule has 2 fully saturated rings. The van der Waals surface area contributed by atoms with E-state index in [9.17, 15) is 29.8 Å². The van der Waals surface area contributed by atoms with E-state index in [1.165, 1.54) is 24.3 Å². The van der Waals surface area contributed by atoms with Gasteiger partial charge in [0, 0.05) is 64.6 Å². The molecular weight excluding hydrogens is 572 g/mol. The number of ketones is 1. The van der Waals surface area contributed by atoms with Gasteiger partial charge >= 0.3 is 6.03 Å². The van der Waals surface area contributed by atoms with Gasteiger partial charge in [0.25, 0.3) is 11.4 Å². The van der Waals surface area contributed by atoms with Crippen LogP contribution in [-0.2, 0) is 11.2 Å². The lowest BCUT2D eigenvalue weighted by atomic mass is 10.0. The highest BCUT2D eigenvalue weighted by molar-refractivity contribution is 8.00. The van der Waals surface area contributed by atoms with Crippen molar-refractivity contribution >= 4 is 68.1 Å². The van der Waals surface area contributed by atoms with Crippen LogP contribution in [0.4, 0.5) is 27.5 Å². The van der Waals surface area contributed by atoms with E-state index in [-0.39, 0.29) is 35.3 Å². The van der Waals surface area contributed by atoms with Gasteiger partial charge in [0.1, 0.15) is 5.78 Å². The van der Waals surface area contributed by atoms with Crippen LogP contribution in [-0.4, -0.2) is 49.7 Å². The van der Waals surface area contributed by atoms with Gasteiger partial charge in [-0.15, -0.1) is 0 Å². The SMILES string of the molecule is O=C(CCCCC1SCC2NC(=O)NC21)Cc1ccc(Nc2c3ccc([N+](=O)[O-])cc3nc3cc([N+](=O)[O-])ccc23)cc1. The molecule has 6 rings (SSSR count). The molecule has 3 heterocycles. The van der Waals surface area contributed by atoms with Crippen LogP contribution in [0.15, 0.2) is 60.7 Å². The summed E-state index contributed by atoms with van der Waals surface area (Å²) < 4.78 is 0. The smallest absolute Gasteiger partial charge is 0.315 e. The van der Waals surface area contributed by atoms with E-state index in [0.717, 1.165) is 36.3 Å². The van der Waals surface area contributed by atoms with Crippen LogP contribution < -0.4 is 16.0 Å². The molecule has 3 N–H and O–H groups in total. The van der Waals surface area contributed by atoms with Gasteiger partial charge in [0.15, 0.2) is 0 Å². The molecule has 0 saturated carbocycles. The Morgan fingerprint density at radius 2 is 1.58 bits per heavy atom. The number of nitrogens with zero attached hydrogens (tertiary/aromatic N) is 3. The van der Waals surface area contributed by atoms with Gasteiger partial charge in [-0.25, -0.2) is 9.78 Å². The van der Waals surface area contributed by atoms with E-state index >= 15 is 0 Å². The first-order valence-corrected chi connectivity index (χ1v) is 15.0. The molecule has 0 bridgehead atoms. The van der Waals surface area contributed by atoms with Gasteiger partial charge < -0.3 is 16.0 Å². The molecule has 0 aliphatic carbocycles. The Hall–Kier alpha value is -4.78.